The molecule has 0 bridgehead atoms. The largest absolute Gasteiger partial charge is 0.495 e. The summed E-state index contributed by atoms with van der Waals surface area (Å²) in [6.45, 7) is 1.66. The van der Waals surface area contributed by atoms with Gasteiger partial charge >= 0.3 is 0 Å². The van der Waals surface area contributed by atoms with E-state index in [2.05, 4.69) is 15.2 Å². The molecular weight excluding hydrogens is 421 g/mol. The summed E-state index contributed by atoms with van der Waals surface area (Å²) in [7, 11) is -2.52. The summed E-state index contributed by atoms with van der Waals surface area (Å²) < 4.78 is 46.2. The molecule has 0 heterocycles. The number of sulfonamides is 1. The van der Waals surface area contributed by atoms with Crippen molar-refractivity contribution in [2.75, 3.05) is 11.8 Å². The van der Waals surface area contributed by atoms with Crippen LogP contribution in [0.2, 0.25) is 0 Å². The Bertz CT molecular complexity index is 1230. The minimum atomic E-state index is -3.96. The lowest BCUT2D eigenvalue weighted by atomic mass is 10.1. The topological polar surface area (TPSA) is 96.9 Å². The average molecular weight is 441 g/mol. The molecule has 7 nitrogen and oxygen atoms in total. The summed E-state index contributed by atoms with van der Waals surface area (Å²) in [5.41, 5.74) is 3.87. The molecule has 0 unspecified atom stereocenters. The SMILES string of the molecule is COc1ccccc1NS(=O)(=O)c1cccc(C(=O)N/N=C(\C)c2ccc(F)cc2)c1. The Kier molecular flexibility index (Phi) is 6.66. The number of hydrogen-bond acceptors (Lipinski definition) is 5. The Labute approximate surface area is 179 Å². The third-order valence-electron chi connectivity index (χ3n) is 4.34. The number of amides is 1. The third kappa shape index (κ3) is 5.46. The highest BCUT2D eigenvalue weighted by Crippen LogP contribution is 2.26. The summed E-state index contributed by atoms with van der Waals surface area (Å²) in [5.74, 6) is -0.596. The number of anilines is 1. The maximum absolute atomic E-state index is 13.0. The second-order valence-electron chi connectivity index (χ2n) is 6.48. The van der Waals surface area contributed by atoms with Crippen LogP contribution < -0.4 is 14.9 Å². The first-order chi connectivity index (χ1) is 14.8. The smallest absolute Gasteiger partial charge is 0.271 e. The molecule has 2 N–H and O–H groups in total. The monoisotopic (exact) mass is 441 g/mol. The highest BCUT2D eigenvalue weighted by Gasteiger charge is 2.18. The maximum Gasteiger partial charge on any atom is 0.271 e. The normalized spacial score (nSPS) is 11.6. The van der Waals surface area contributed by atoms with Gasteiger partial charge in [-0.05, 0) is 55.0 Å². The van der Waals surface area contributed by atoms with Crippen molar-refractivity contribution in [1.82, 2.24) is 5.43 Å². The quantitative estimate of drug-likeness (QED) is 0.431. The van der Waals surface area contributed by atoms with Gasteiger partial charge < -0.3 is 4.74 Å². The van der Waals surface area contributed by atoms with Crippen LogP contribution in [0, 0.1) is 5.82 Å². The van der Waals surface area contributed by atoms with Gasteiger partial charge in [0.15, 0.2) is 0 Å². The molecule has 0 spiro atoms. The van der Waals surface area contributed by atoms with Crippen LogP contribution in [-0.4, -0.2) is 27.1 Å². The maximum atomic E-state index is 13.0. The van der Waals surface area contributed by atoms with Crippen molar-refractivity contribution < 1.29 is 22.3 Å². The number of benzene rings is 3. The van der Waals surface area contributed by atoms with Crippen LogP contribution in [0.25, 0.3) is 0 Å². The molecule has 0 aliphatic carbocycles. The fourth-order valence-corrected chi connectivity index (χ4v) is 3.81. The van der Waals surface area contributed by atoms with E-state index in [1.54, 1.807) is 31.2 Å². The molecule has 160 valence electrons. The molecule has 9 heteroatoms. The Hall–Kier alpha value is -3.72. The molecule has 0 fully saturated rings. The van der Waals surface area contributed by atoms with E-state index in [4.69, 9.17) is 4.74 Å². The van der Waals surface area contributed by atoms with Crippen molar-refractivity contribution in [3.8, 4) is 5.75 Å². The lowest BCUT2D eigenvalue weighted by Crippen LogP contribution is -2.20. The number of para-hydroxylation sites is 2. The van der Waals surface area contributed by atoms with Crippen LogP contribution in [0.1, 0.15) is 22.8 Å². The number of rotatable bonds is 7. The van der Waals surface area contributed by atoms with Crippen molar-refractivity contribution in [2.24, 2.45) is 5.10 Å². The number of halogens is 1. The molecule has 3 aromatic rings. The fraction of sp³-hybridized carbons (Fsp3) is 0.0909. The predicted molar refractivity (Wildman–Crippen MR) is 116 cm³/mol. The van der Waals surface area contributed by atoms with E-state index in [9.17, 15) is 17.6 Å². The van der Waals surface area contributed by atoms with E-state index in [0.29, 0.717) is 17.0 Å². The van der Waals surface area contributed by atoms with Crippen molar-refractivity contribution in [2.45, 2.75) is 11.8 Å². The zero-order chi connectivity index (χ0) is 22.4. The van der Waals surface area contributed by atoms with Gasteiger partial charge in [-0.25, -0.2) is 18.2 Å². The van der Waals surface area contributed by atoms with E-state index >= 15 is 0 Å². The Morgan fingerprint density at radius 1 is 0.968 bits per heavy atom. The Balaban J connectivity index is 1.78. The van der Waals surface area contributed by atoms with Gasteiger partial charge in [-0.2, -0.15) is 5.10 Å². The van der Waals surface area contributed by atoms with Crippen molar-refractivity contribution in [3.05, 3.63) is 89.7 Å². The zero-order valence-electron chi connectivity index (χ0n) is 16.8. The van der Waals surface area contributed by atoms with Crippen LogP contribution in [-0.2, 0) is 10.0 Å². The van der Waals surface area contributed by atoms with Gasteiger partial charge in [-0.3, -0.25) is 9.52 Å². The number of nitrogens with one attached hydrogen (secondary N) is 2. The second-order valence-corrected chi connectivity index (χ2v) is 8.16. The van der Waals surface area contributed by atoms with E-state index < -0.39 is 15.9 Å². The lowest BCUT2D eigenvalue weighted by molar-refractivity contribution is 0.0954. The molecule has 0 atom stereocenters. The summed E-state index contributed by atoms with van der Waals surface area (Å²) in [5, 5.41) is 4.00. The minimum absolute atomic E-state index is 0.0923. The van der Waals surface area contributed by atoms with E-state index in [1.165, 1.54) is 55.6 Å². The minimum Gasteiger partial charge on any atom is -0.495 e. The van der Waals surface area contributed by atoms with E-state index in [1.807, 2.05) is 0 Å². The van der Waals surface area contributed by atoms with Gasteiger partial charge in [-0.1, -0.05) is 30.3 Å². The number of nitrogens with zero attached hydrogens (tertiary/aromatic N) is 1. The zero-order valence-corrected chi connectivity index (χ0v) is 17.6. The molecule has 1 amide bonds. The van der Waals surface area contributed by atoms with Gasteiger partial charge in [0.1, 0.15) is 11.6 Å². The highest BCUT2D eigenvalue weighted by atomic mass is 32.2. The van der Waals surface area contributed by atoms with Crippen molar-refractivity contribution in [1.29, 1.82) is 0 Å². The van der Waals surface area contributed by atoms with Crippen LogP contribution >= 0.6 is 0 Å². The Morgan fingerprint density at radius 2 is 1.68 bits per heavy atom. The number of carbonyl (C=O) groups is 1. The lowest BCUT2D eigenvalue weighted by Gasteiger charge is -2.12. The first-order valence-electron chi connectivity index (χ1n) is 9.16. The fourth-order valence-electron chi connectivity index (χ4n) is 2.69. The summed E-state index contributed by atoms with van der Waals surface area (Å²) in [4.78, 5) is 12.4. The first kappa shape index (κ1) is 22.0. The van der Waals surface area contributed by atoms with Gasteiger partial charge in [0.2, 0.25) is 0 Å². The molecule has 0 saturated heterocycles. The predicted octanol–water partition coefficient (Wildman–Crippen LogP) is 3.79. The summed E-state index contributed by atoms with van der Waals surface area (Å²) in [6.07, 6.45) is 0. The molecule has 0 radical (unpaired) electrons. The number of hydrazone groups is 1. The highest BCUT2D eigenvalue weighted by molar-refractivity contribution is 7.92. The standard InChI is InChI=1S/C22H20FN3O4S/c1-15(16-10-12-18(23)13-11-16)24-25-22(27)17-6-5-7-19(14-17)31(28,29)26-20-8-3-4-9-21(20)30-2/h3-14,26H,1-2H3,(H,25,27)/b24-15+. The summed E-state index contributed by atoms with van der Waals surface area (Å²) in [6, 6.07) is 17.8. The summed E-state index contributed by atoms with van der Waals surface area (Å²) >= 11 is 0. The van der Waals surface area contributed by atoms with Gasteiger partial charge in [-0.15, -0.1) is 0 Å². The number of hydrogen-bond donors (Lipinski definition) is 2. The van der Waals surface area contributed by atoms with Crippen LogP contribution in [0.3, 0.4) is 0 Å². The van der Waals surface area contributed by atoms with Gasteiger partial charge in [0.25, 0.3) is 15.9 Å². The van der Waals surface area contributed by atoms with Crippen LogP contribution in [0.5, 0.6) is 5.75 Å². The third-order valence-corrected chi connectivity index (χ3v) is 5.71. The second kappa shape index (κ2) is 9.40. The van der Waals surface area contributed by atoms with Gasteiger partial charge in [0.05, 0.1) is 23.4 Å². The number of ether oxygens (including phenoxy) is 1. The molecule has 0 aliphatic rings. The molecule has 0 saturated carbocycles. The average Bonchev–Trinajstić information content (AvgIpc) is 2.78. The van der Waals surface area contributed by atoms with Crippen LogP contribution in [0.15, 0.2) is 82.8 Å². The molecular formula is C22H20FN3O4S. The molecule has 3 rings (SSSR count). The van der Waals surface area contributed by atoms with E-state index in [0.717, 1.165) is 0 Å². The Morgan fingerprint density at radius 3 is 2.39 bits per heavy atom. The molecule has 3 aromatic carbocycles. The van der Waals surface area contributed by atoms with Gasteiger partial charge in [0, 0.05) is 5.56 Å². The molecule has 0 aromatic heterocycles. The van der Waals surface area contributed by atoms with E-state index in [-0.39, 0.29) is 22.0 Å². The van der Waals surface area contributed by atoms with Crippen molar-refractivity contribution >= 4 is 27.3 Å². The number of carbonyl (C=O) groups excluding carboxylic acids is 1. The molecule has 31 heavy (non-hydrogen) atoms. The number of methoxy groups -OCH3 is 1. The molecule has 0 aliphatic heterocycles. The van der Waals surface area contributed by atoms with Crippen LogP contribution in [0.4, 0.5) is 10.1 Å². The van der Waals surface area contributed by atoms with Crippen molar-refractivity contribution in [3.63, 3.8) is 0 Å². The first-order valence-corrected chi connectivity index (χ1v) is 10.6.